The van der Waals surface area contributed by atoms with Crippen LogP contribution in [0.4, 0.5) is 0 Å². The monoisotopic (exact) mass is 538 g/mol. The molecule has 0 fully saturated rings. The van der Waals surface area contributed by atoms with Gasteiger partial charge in [-0.15, -0.1) is 0 Å². The van der Waals surface area contributed by atoms with Gasteiger partial charge in [-0.05, 0) is 71.1 Å². The molecule has 0 radical (unpaired) electrons. The molecule has 9 heteroatoms. The predicted octanol–water partition coefficient (Wildman–Crippen LogP) is 4.76. The van der Waals surface area contributed by atoms with Gasteiger partial charge in [-0.3, -0.25) is 4.79 Å². The van der Waals surface area contributed by atoms with Crippen molar-refractivity contribution in [3.05, 3.63) is 74.0 Å². The molecular weight excluding hydrogens is 523 g/mol. The second-order valence-electron chi connectivity index (χ2n) is 5.94. The number of hydrogen-bond acceptors (Lipinski definition) is 6. The number of hydrogen-bond donors (Lipinski definition) is 1. The van der Waals surface area contributed by atoms with Gasteiger partial charge >= 0.3 is 5.97 Å². The van der Waals surface area contributed by atoms with Crippen molar-refractivity contribution in [2.75, 3.05) is 14.2 Å². The normalized spacial score (nSPS) is 10.8. The Kier molecular flexibility index (Phi) is 7.11. The quantitative estimate of drug-likeness (QED) is 0.211. The molecule has 0 saturated carbocycles. The van der Waals surface area contributed by atoms with E-state index in [2.05, 4.69) is 33.1 Å². The first-order chi connectivity index (χ1) is 14.4. The van der Waals surface area contributed by atoms with Gasteiger partial charge in [-0.2, -0.15) is 5.10 Å². The van der Waals surface area contributed by atoms with E-state index in [9.17, 15) is 9.59 Å². The minimum atomic E-state index is -0.476. The largest absolute Gasteiger partial charge is 0.496 e. The van der Waals surface area contributed by atoms with E-state index in [-0.39, 0.29) is 5.91 Å². The molecule has 0 saturated heterocycles. The van der Waals surface area contributed by atoms with Crippen molar-refractivity contribution in [3.8, 4) is 17.1 Å². The van der Waals surface area contributed by atoms with Crippen molar-refractivity contribution in [1.82, 2.24) is 5.43 Å². The number of furan rings is 1. The smallest absolute Gasteiger partial charge is 0.337 e. The Labute approximate surface area is 191 Å². The Morgan fingerprint density at radius 1 is 1.10 bits per heavy atom. The van der Waals surface area contributed by atoms with E-state index in [1.807, 2.05) is 0 Å². The van der Waals surface area contributed by atoms with Crippen LogP contribution in [0, 0.1) is 3.57 Å². The van der Waals surface area contributed by atoms with E-state index in [0.29, 0.717) is 39.0 Å². The molecule has 7 nitrogen and oxygen atoms in total. The van der Waals surface area contributed by atoms with Crippen molar-refractivity contribution in [2.45, 2.75) is 0 Å². The number of nitrogens with zero attached hydrogens (tertiary/aromatic N) is 1. The number of carbonyl (C=O) groups is 2. The van der Waals surface area contributed by atoms with Crippen LogP contribution in [0.2, 0.25) is 5.02 Å². The third-order valence-electron chi connectivity index (χ3n) is 4.05. The van der Waals surface area contributed by atoms with Crippen LogP contribution >= 0.6 is 34.2 Å². The summed E-state index contributed by atoms with van der Waals surface area (Å²) in [4.78, 5) is 24.0. The Balaban J connectivity index is 1.72. The molecule has 0 spiro atoms. The van der Waals surface area contributed by atoms with Crippen molar-refractivity contribution in [2.24, 2.45) is 5.10 Å². The van der Waals surface area contributed by atoms with Crippen LogP contribution in [0.25, 0.3) is 11.3 Å². The first-order valence-electron chi connectivity index (χ1n) is 8.58. The lowest BCUT2D eigenvalue weighted by atomic mass is 10.1. The average Bonchev–Trinajstić information content (AvgIpc) is 3.22. The molecule has 0 aliphatic heterocycles. The highest BCUT2D eigenvalue weighted by Crippen LogP contribution is 2.30. The molecule has 1 N–H and O–H groups in total. The SMILES string of the molecule is COC(=O)c1ccc(Cl)c(-c2ccc(/C=N\NC(=O)c3ccc(I)c(OC)c3)o2)c1. The van der Waals surface area contributed by atoms with Crippen LogP contribution in [-0.2, 0) is 4.74 Å². The van der Waals surface area contributed by atoms with E-state index < -0.39 is 5.97 Å². The van der Waals surface area contributed by atoms with Crippen molar-refractivity contribution >= 4 is 52.3 Å². The van der Waals surface area contributed by atoms with Crippen LogP contribution in [0.15, 0.2) is 58.0 Å². The first-order valence-corrected chi connectivity index (χ1v) is 10.0. The lowest BCUT2D eigenvalue weighted by molar-refractivity contribution is 0.0600. The number of esters is 1. The van der Waals surface area contributed by atoms with Crippen molar-refractivity contribution < 1.29 is 23.5 Å². The molecule has 0 aliphatic carbocycles. The molecule has 0 bridgehead atoms. The zero-order chi connectivity index (χ0) is 21.7. The standard InChI is InChI=1S/C21H16ClIN2O5/c1-28-19-10-12(4-7-17(19)23)20(26)25-24-11-14-5-8-18(30-14)15-9-13(21(27)29-2)3-6-16(15)22/h3-11H,1-2H3,(H,25,26)/b24-11-. The Bertz CT molecular complexity index is 1130. The summed E-state index contributed by atoms with van der Waals surface area (Å²) in [5, 5.41) is 4.33. The summed E-state index contributed by atoms with van der Waals surface area (Å²) in [5.74, 6) is 0.581. The van der Waals surface area contributed by atoms with Crippen LogP contribution in [0.5, 0.6) is 5.75 Å². The van der Waals surface area contributed by atoms with E-state index in [4.69, 9.17) is 25.5 Å². The number of halogens is 2. The van der Waals surface area contributed by atoms with Gasteiger partial charge in [0, 0.05) is 11.1 Å². The Morgan fingerprint density at radius 2 is 1.87 bits per heavy atom. The van der Waals surface area contributed by atoms with E-state index in [0.717, 1.165) is 3.57 Å². The maximum atomic E-state index is 12.2. The van der Waals surface area contributed by atoms with Gasteiger partial charge in [0.25, 0.3) is 5.91 Å². The summed E-state index contributed by atoms with van der Waals surface area (Å²) < 4.78 is 16.5. The van der Waals surface area contributed by atoms with Gasteiger partial charge in [-0.25, -0.2) is 10.2 Å². The maximum absolute atomic E-state index is 12.2. The summed E-state index contributed by atoms with van der Waals surface area (Å²) >= 11 is 8.34. The molecular formula is C21H16ClIN2O5. The highest BCUT2D eigenvalue weighted by Gasteiger charge is 2.13. The zero-order valence-electron chi connectivity index (χ0n) is 15.9. The molecule has 3 rings (SSSR count). The number of ether oxygens (including phenoxy) is 2. The molecule has 154 valence electrons. The lowest BCUT2D eigenvalue weighted by Crippen LogP contribution is -2.17. The molecule has 0 atom stereocenters. The van der Waals surface area contributed by atoms with Crippen LogP contribution < -0.4 is 10.2 Å². The molecule has 30 heavy (non-hydrogen) atoms. The second-order valence-corrected chi connectivity index (χ2v) is 7.51. The summed E-state index contributed by atoms with van der Waals surface area (Å²) in [6, 6.07) is 13.2. The molecule has 1 heterocycles. The van der Waals surface area contributed by atoms with Gasteiger partial charge in [0.15, 0.2) is 0 Å². The fourth-order valence-electron chi connectivity index (χ4n) is 2.55. The fraction of sp³-hybridized carbons (Fsp3) is 0.0952. The number of benzene rings is 2. The molecule has 0 aliphatic rings. The van der Waals surface area contributed by atoms with Gasteiger partial charge in [0.05, 0.1) is 34.6 Å². The lowest BCUT2D eigenvalue weighted by Gasteiger charge is -2.05. The van der Waals surface area contributed by atoms with Gasteiger partial charge in [-0.1, -0.05) is 11.6 Å². The number of methoxy groups -OCH3 is 2. The third kappa shape index (κ3) is 5.00. The first kappa shape index (κ1) is 21.8. The number of carbonyl (C=O) groups excluding carboxylic acids is 2. The number of nitrogens with one attached hydrogen (secondary N) is 1. The minimum Gasteiger partial charge on any atom is -0.496 e. The molecule has 1 aromatic heterocycles. The molecule has 2 aromatic carbocycles. The van der Waals surface area contributed by atoms with E-state index in [1.165, 1.54) is 13.3 Å². The highest BCUT2D eigenvalue weighted by atomic mass is 127. The summed E-state index contributed by atoms with van der Waals surface area (Å²) in [5.41, 5.74) is 3.74. The van der Waals surface area contributed by atoms with Gasteiger partial charge < -0.3 is 13.9 Å². The molecule has 0 unspecified atom stereocenters. The molecule has 1 amide bonds. The van der Waals surface area contributed by atoms with Gasteiger partial charge in [0.1, 0.15) is 17.3 Å². The summed E-state index contributed by atoms with van der Waals surface area (Å²) in [6.45, 7) is 0. The maximum Gasteiger partial charge on any atom is 0.337 e. The number of rotatable bonds is 6. The zero-order valence-corrected chi connectivity index (χ0v) is 18.9. The van der Waals surface area contributed by atoms with E-state index >= 15 is 0 Å². The topological polar surface area (TPSA) is 90.1 Å². The molecule has 3 aromatic rings. The second kappa shape index (κ2) is 9.77. The van der Waals surface area contributed by atoms with E-state index in [1.54, 1.807) is 55.6 Å². The third-order valence-corrected chi connectivity index (χ3v) is 5.27. The summed E-state index contributed by atoms with van der Waals surface area (Å²) in [6.07, 6.45) is 1.36. The van der Waals surface area contributed by atoms with Crippen LogP contribution in [-0.4, -0.2) is 32.3 Å². The van der Waals surface area contributed by atoms with Crippen molar-refractivity contribution in [1.29, 1.82) is 0 Å². The number of hydrazone groups is 1. The predicted molar refractivity (Wildman–Crippen MR) is 121 cm³/mol. The highest BCUT2D eigenvalue weighted by molar-refractivity contribution is 14.1. The van der Waals surface area contributed by atoms with Crippen LogP contribution in [0.3, 0.4) is 0 Å². The van der Waals surface area contributed by atoms with Gasteiger partial charge in [0.2, 0.25) is 0 Å². The number of amides is 1. The summed E-state index contributed by atoms with van der Waals surface area (Å²) in [7, 11) is 2.84. The Morgan fingerprint density at radius 3 is 2.60 bits per heavy atom. The average molecular weight is 539 g/mol. The fourth-order valence-corrected chi connectivity index (χ4v) is 3.31. The van der Waals surface area contributed by atoms with Crippen molar-refractivity contribution in [3.63, 3.8) is 0 Å². The Hall–Kier alpha value is -2.85. The van der Waals surface area contributed by atoms with Crippen LogP contribution in [0.1, 0.15) is 26.5 Å². The minimum absolute atomic E-state index is 0.351.